The van der Waals surface area contributed by atoms with Crippen LogP contribution in [0.15, 0.2) is 24.3 Å². The molecule has 0 bridgehead atoms. The Hall–Kier alpha value is -1.55. The summed E-state index contributed by atoms with van der Waals surface area (Å²) in [5.41, 5.74) is 7.65. The Labute approximate surface area is 115 Å². The molecule has 19 heavy (non-hydrogen) atoms. The number of carbonyl (C=O) groups is 1. The highest BCUT2D eigenvalue weighted by Crippen LogP contribution is 2.20. The van der Waals surface area contributed by atoms with E-state index >= 15 is 0 Å². The van der Waals surface area contributed by atoms with Crippen LogP contribution in [-0.2, 0) is 4.79 Å². The van der Waals surface area contributed by atoms with Gasteiger partial charge in [-0.05, 0) is 44.5 Å². The second-order valence-corrected chi connectivity index (χ2v) is 5.35. The summed E-state index contributed by atoms with van der Waals surface area (Å²) in [6.07, 6.45) is 2.28. The van der Waals surface area contributed by atoms with E-state index in [0.717, 1.165) is 31.6 Å². The predicted octanol–water partition coefficient (Wildman–Crippen LogP) is 1.88. The number of hydrogen-bond donors (Lipinski definition) is 1. The fraction of sp³-hybridized carbons (Fsp3) is 0.533. The monoisotopic (exact) mass is 261 g/mol. The summed E-state index contributed by atoms with van der Waals surface area (Å²) in [6, 6.07) is 8.07. The molecule has 0 aromatic heterocycles. The molecule has 1 atom stereocenters. The standard InChI is InChI=1S/C15H23N3O/c1-12(13-5-7-14(16)8-6-13)17(2)11-15(19)18-9-3-4-10-18/h5-8,12H,3-4,9-11,16H2,1-2H3. The second-order valence-electron chi connectivity index (χ2n) is 5.35. The zero-order chi connectivity index (χ0) is 13.8. The molecule has 0 aliphatic carbocycles. The molecule has 0 saturated carbocycles. The van der Waals surface area contributed by atoms with Crippen LogP contribution in [0.25, 0.3) is 0 Å². The minimum atomic E-state index is 0.215. The van der Waals surface area contributed by atoms with Gasteiger partial charge in [0.2, 0.25) is 5.91 Å². The SMILES string of the molecule is CC(c1ccc(N)cc1)N(C)CC(=O)N1CCCC1. The summed E-state index contributed by atoms with van der Waals surface area (Å²) in [5.74, 6) is 0.238. The Bertz CT molecular complexity index is 424. The number of likely N-dealkylation sites (tertiary alicyclic amines) is 1. The zero-order valence-corrected chi connectivity index (χ0v) is 11.8. The molecular formula is C15H23N3O. The first kappa shape index (κ1) is 13.9. The Morgan fingerprint density at radius 1 is 1.32 bits per heavy atom. The van der Waals surface area contributed by atoms with Crippen molar-refractivity contribution >= 4 is 11.6 Å². The molecule has 1 aromatic rings. The Morgan fingerprint density at radius 3 is 2.47 bits per heavy atom. The van der Waals surface area contributed by atoms with Crippen molar-refractivity contribution in [2.45, 2.75) is 25.8 Å². The number of hydrogen-bond acceptors (Lipinski definition) is 3. The molecule has 4 heteroatoms. The highest BCUT2D eigenvalue weighted by molar-refractivity contribution is 5.78. The molecule has 2 N–H and O–H groups in total. The first-order valence-corrected chi connectivity index (χ1v) is 6.91. The number of likely N-dealkylation sites (N-methyl/N-ethyl adjacent to an activating group) is 1. The molecule has 104 valence electrons. The summed E-state index contributed by atoms with van der Waals surface area (Å²) in [7, 11) is 2.00. The van der Waals surface area contributed by atoms with E-state index in [1.165, 1.54) is 5.56 Å². The number of rotatable bonds is 4. The van der Waals surface area contributed by atoms with Gasteiger partial charge in [-0.1, -0.05) is 12.1 Å². The third-order valence-corrected chi connectivity index (χ3v) is 3.92. The lowest BCUT2D eigenvalue weighted by Crippen LogP contribution is -2.38. The van der Waals surface area contributed by atoms with Crippen LogP contribution in [0.5, 0.6) is 0 Å². The first-order valence-electron chi connectivity index (χ1n) is 6.91. The zero-order valence-electron chi connectivity index (χ0n) is 11.8. The molecule has 1 aliphatic rings. The predicted molar refractivity (Wildman–Crippen MR) is 77.7 cm³/mol. The van der Waals surface area contributed by atoms with Crippen molar-refractivity contribution in [2.75, 3.05) is 32.4 Å². The van der Waals surface area contributed by atoms with E-state index < -0.39 is 0 Å². The van der Waals surface area contributed by atoms with Crippen LogP contribution in [0.2, 0.25) is 0 Å². The molecule has 0 spiro atoms. The lowest BCUT2D eigenvalue weighted by atomic mass is 10.1. The smallest absolute Gasteiger partial charge is 0.236 e. The van der Waals surface area contributed by atoms with Crippen LogP contribution >= 0.6 is 0 Å². The Balaban J connectivity index is 1.93. The van der Waals surface area contributed by atoms with Gasteiger partial charge in [-0.2, -0.15) is 0 Å². The van der Waals surface area contributed by atoms with Gasteiger partial charge in [0.1, 0.15) is 0 Å². The molecule has 1 fully saturated rings. The lowest BCUT2D eigenvalue weighted by Gasteiger charge is -2.26. The van der Waals surface area contributed by atoms with Crippen LogP contribution in [0, 0.1) is 0 Å². The molecule has 4 nitrogen and oxygen atoms in total. The van der Waals surface area contributed by atoms with E-state index in [4.69, 9.17) is 5.73 Å². The maximum Gasteiger partial charge on any atom is 0.236 e. The van der Waals surface area contributed by atoms with Crippen molar-refractivity contribution < 1.29 is 4.79 Å². The maximum absolute atomic E-state index is 12.1. The van der Waals surface area contributed by atoms with Crippen molar-refractivity contribution in [3.63, 3.8) is 0 Å². The summed E-state index contributed by atoms with van der Waals surface area (Å²) < 4.78 is 0. The Kier molecular flexibility index (Phi) is 4.43. The van der Waals surface area contributed by atoms with Gasteiger partial charge in [0.25, 0.3) is 0 Å². The van der Waals surface area contributed by atoms with Crippen LogP contribution in [0.4, 0.5) is 5.69 Å². The third kappa shape index (κ3) is 3.47. The summed E-state index contributed by atoms with van der Waals surface area (Å²) in [6.45, 7) is 4.43. The molecule has 2 rings (SSSR count). The van der Waals surface area contributed by atoms with Crippen molar-refractivity contribution in [3.8, 4) is 0 Å². The summed E-state index contributed by atoms with van der Waals surface area (Å²) in [4.78, 5) is 16.2. The minimum absolute atomic E-state index is 0.215. The number of benzene rings is 1. The molecule has 1 unspecified atom stereocenters. The van der Waals surface area contributed by atoms with Crippen LogP contribution < -0.4 is 5.73 Å². The van der Waals surface area contributed by atoms with Crippen LogP contribution in [0.3, 0.4) is 0 Å². The van der Waals surface area contributed by atoms with Gasteiger partial charge in [0, 0.05) is 24.8 Å². The van der Waals surface area contributed by atoms with Gasteiger partial charge in [-0.3, -0.25) is 9.69 Å². The largest absolute Gasteiger partial charge is 0.399 e. The quantitative estimate of drug-likeness (QED) is 0.842. The second kappa shape index (κ2) is 6.06. The molecule has 1 aromatic carbocycles. The molecule has 1 saturated heterocycles. The van der Waals surface area contributed by atoms with Gasteiger partial charge in [0.15, 0.2) is 0 Å². The van der Waals surface area contributed by atoms with E-state index in [1.807, 2.05) is 36.2 Å². The van der Waals surface area contributed by atoms with Gasteiger partial charge in [-0.25, -0.2) is 0 Å². The molecule has 1 amide bonds. The molecule has 1 heterocycles. The number of nitrogen functional groups attached to an aromatic ring is 1. The number of nitrogens with two attached hydrogens (primary N) is 1. The average Bonchev–Trinajstić information content (AvgIpc) is 2.92. The van der Waals surface area contributed by atoms with Gasteiger partial charge >= 0.3 is 0 Å². The fourth-order valence-electron chi connectivity index (χ4n) is 2.45. The number of carbonyl (C=O) groups excluding carboxylic acids is 1. The van der Waals surface area contributed by atoms with Crippen molar-refractivity contribution in [1.82, 2.24) is 9.80 Å². The van der Waals surface area contributed by atoms with Gasteiger partial charge < -0.3 is 10.6 Å². The number of amides is 1. The normalized spacial score (nSPS) is 16.9. The molecular weight excluding hydrogens is 238 g/mol. The van der Waals surface area contributed by atoms with Crippen molar-refractivity contribution in [2.24, 2.45) is 0 Å². The molecule has 1 aliphatic heterocycles. The average molecular weight is 261 g/mol. The minimum Gasteiger partial charge on any atom is -0.399 e. The lowest BCUT2D eigenvalue weighted by molar-refractivity contribution is -0.131. The fourth-order valence-corrected chi connectivity index (χ4v) is 2.45. The first-order chi connectivity index (χ1) is 9.08. The van der Waals surface area contributed by atoms with Crippen molar-refractivity contribution in [3.05, 3.63) is 29.8 Å². The van der Waals surface area contributed by atoms with Crippen molar-refractivity contribution in [1.29, 1.82) is 0 Å². The van der Waals surface area contributed by atoms with E-state index in [1.54, 1.807) is 0 Å². The van der Waals surface area contributed by atoms with Gasteiger partial charge in [0.05, 0.1) is 6.54 Å². The van der Waals surface area contributed by atoms with E-state index in [9.17, 15) is 4.79 Å². The van der Waals surface area contributed by atoms with E-state index in [-0.39, 0.29) is 11.9 Å². The summed E-state index contributed by atoms with van der Waals surface area (Å²) >= 11 is 0. The Morgan fingerprint density at radius 2 is 1.89 bits per heavy atom. The van der Waals surface area contributed by atoms with Crippen LogP contribution in [-0.4, -0.2) is 42.4 Å². The van der Waals surface area contributed by atoms with E-state index in [2.05, 4.69) is 11.8 Å². The third-order valence-electron chi connectivity index (χ3n) is 3.92. The maximum atomic E-state index is 12.1. The molecule has 0 radical (unpaired) electrons. The highest BCUT2D eigenvalue weighted by atomic mass is 16.2. The number of nitrogens with zero attached hydrogens (tertiary/aromatic N) is 2. The van der Waals surface area contributed by atoms with Crippen LogP contribution in [0.1, 0.15) is 31.4 Å². The summed E-state index contributed by atoms with van der Waals surface area (Å²) in [5, 5.41) is 0. The topological polar surface area (TPSA) is 49.6 Å². The van der Waals surface area contributed by atoms with E-state index in [0.29, 0.717) is 6.54 Å². The highest BCUT2D eigenvalue weighted by Gasteiger charge is 2.21. The number of anilines is 1. The van der Waals surface area contributed by atoms with Gasteiger partial charge in [-0.15, -0.1) is 0 Å².